The number of rotatable bonds is 5. The quantitative estimate of drug-likeness (QED) is 0.527. The van der Waals surface area contributed by atoms with Crippen LogP contribution in [0.3, 0.4) is 0 Å². The van der Waals surface area contributed by atoms with E-state index in [1.165, 1.54) is 5.56 Å². The Balaban J connectivity index is 1.46. The molecule has 0 spiro atoms. The summed E-state index contributed by atoms with van der Waals surface area (Å²) in [6.45, 7) is 0. The average Bonchev–Trinajstić information content (AvgIpc) is 3.07. The SMILES string of the molecule is O=C(Cc1ccc(Cc2c[nH]c3ncccc23)cn1)c1ccc(Cl)cc1. The minimum absolute atomic E-state index is 0.0321. The van der Waals surface area contributed by atoms with Crippen LogP contribution >= 0.6 is 11.6 Å². The number of pyridine rings is 2. The van der Waals surface area contributed by atoms with Crippen molar-refractivity contribution in [2.45, 2.75) is 12.8 Å². The van der Waals surface area contributed by atoms with E-state index < -0.39 is 0 Å². The highest BCUT2D eigenvalue weighted by atomic mass is 35.5. The van der Waals surface area contributed by atoms with Gasteiger partial charge in [-0.2, -0.15) is 0 Å². The van der Waals surface area contributed by atoms with Crippen LogP contribution in [-0.4, -0.2) is 20.7 Å². The summed E-state index contributed by atoms with van der Waals surface area (Å²) in [6.07, 6.45) is 6.63. The molecular formula is C21H16ClN3O. The van der Waals surface area contributed by atoms with E-state index in [2.05, 4.69) is 21.0 Å². The van der Waals surface area contributed by atoms with Crippen LogP contribution in [0.15, 0.2) is 67.1 Å². The van der Waals surface area contributed by atoms with Crippen LogP contribution in [0.5, 0.6) is 0 Å². The molecule has 1 aromatic carbocycles. The van der Waals surface area contributed by atoms with E-state index in [0.717, 1.165) is 28.7 Å². The number of H-pyrrole nitrogens is 1. The molecule has 0 aliphatic rings. The minimum Gasteiger partial charge on any atom is -0.346 e. The normalized spacial score (nSPS) is 11.0. The molecule has 0 amide bonds. The van der Waals surface area contributed by atoms with Gasteiger partial charge in [0, 0.05) is 46.7 Å². The third kappa shape index (κ3) is 3.51. The second kappa shape index (κ2) is 7.10. The monoisotopic (exact) mass is 361 g/mol. The molecule has 0 atom stereocenters. The molecule has 4 rings (SSSR count). The zero-order valence-corrected chi connectivity index (χ0v) is 14.7. The van der Waals surface area contributed by atoms with Gasteiger partial charge in [0.2, 0.25) is 0 Å². The van der Waals surface area contributed by atoms with Crippen molar-refractivity contribution in [2.24, 2.45) is 0 Å². The first-order valence-electron chi connectivity index (χ1n) is 8.32. The molecule has 3 aromatic heterocycles. The number of fused-ring (bicyclic) bond motifs is 1. The fourth-order valence-electron chi connectivity index (χ4n) is 2.95. The molecule has 0 aliphatic carbocycles. The predicted octanol–water partition coefficient (Wildman–Crippen LogP) is 4.63. The summed E-state index contributed by atoms with van der Waals surface area (Å²) in [5.74, 6) is 0.0321. The molecule has 0 fully saturated rings. The smallest absolute Gasteiger partial charge is 0.168 e. The number of halogens is 1. The van der Waals surface area contributed by atoms with Gasteiger partial charge in [0.15, 0.2) is 5.78 Å². The number of aromatic nitrogens is 3. The molecule has 4 nitrogen and oxygen atoms in total. The van der Waals surface area contributed by atoms with Gasteiger partial charge in [-0.1, -0.05) is 17.7 Å². The second-order valence-electron chi connectivity index (χ2n) is 6.15. The van der Waals surface area contributed by atoms with E-state index in [1.54, 1.807) is 30.5 Å². The van der Waals surface area contributed by atoms with Crippen molar-refractivity contribution >= 4 is 28.4 Å². The second-order valence-corrected chi connectivity index (χ2v) is 6.59. The van der Waals surface area contributed by atoms with E-state index in [9.17, 15) is 4.79 Å². The van der Waals surface area contributed by atoms with Crippen LogP contribution in [0.2, 0.25) is 5.02 Å². The number of Topliss-reactive ketones (excluding diaryl/α,β-unsaturated/α-hetero) is 1. The van der Waals surface area contributed by atoms with E-state index in [4.69, 9.17) is 11.6 Å². The van der Waals surface area contributed by atoms with Gasteiger partial charge >= 0.3 is 0 Å². The summed E-state index contributed by atoms with van der Waals surface area (Å²) < 4.78 is 0. The largest absolute Gasteiger partial charge is 0.346 e. The number of ketones is 1. The summed E-state index contributed by atoms with van der Waals surface area (Å²) in [7, 11) is 0. The summed E-state index contributed by atoms with van der Waals surface area (Å²) in [6, 6.07) is 14.9. The molecule has 0 aliphatic heterocycles. The number of hydrogen-bond donors (Lipinski definition) is 1. The molecule has 5 heteroatoms. The average molecular weight is 362 g/mol. The lowest BCUT2D eigenvalue weighted by Crippen LogP contribution is -2.05. The number of benzene rings is 1. The van der Waals surface area contributed by atoms with Crippen molar-refractivity contribution in [1.82, 2.24) is 15.0 Å². The van der Waals surface area contributed by atoms with Gasteiger partial charge in [-0.3, -0.25) is 9.78 Å². The van der Waals surface area contributed by atoms with Crippen molar-refractivity contribution < 1.29 is 4.79 Å². The minimum atomic E-state index is 0.0321. The maximum Gasteiger partial charge on any atom is 0.168 e. The third-order valence-corrected chi connectivity index (χ3v) is 4.58. The number of nitrogens with one attached hydrogen (secondary N) is 1. The van der Waals surface area contributed by atoms with E-state index in [1.807, 2.05) is 30.6 Å². The molecule has 0 radical (unpaired) electrons. The van der Waals surface area contributed by atoms with Gasteiger partial charge in [-0.15, -0.1) is 0 Å². The standard InChI is InChI=1S/C21H16ClN3O/c22-17-6-4-15(5-7-17)20(26)11-18-8-3-14(12-24-18)10-16-13-25-21-19(16)2-1-9-23-21/h1-9,12-13H,10-11H2,(H,23,25). The Morgan fingerprint density at radius 2 is 1.88 bits per heavy atom. The van der Waals surface area contributed by atoms with Crippen LogP contribution in [-0.2, 0) is 12.8 Å². The van der Waals surface area contributed by atoms with Crippen molar-refractivity contribution in [3.05, 3.63) is 94.5 Å². The summed E-state index contributed by atoms with van der Waals surface area (Å²) in [5, 5.41) is 1.74. The number of hydrogen-bond acceptors (Lipinski definition) is 3. The molecule has 0 bridgehead atoms. The van der Waals surface area contributed by atoms with E-state index in [-0.39, 0.29) is 12.2 Å². The van der Waals surface area contributed by atoms with Crippen molar-refractivity contribution in [2.75, 3.05) is 0 Å². The summed E-state index contributed by atoms with van der Waals surface area (Å²) in [4.78, 5) is 24.3. The van der Waals surface area contributed by atoms with Crippen molar-refractivity contribution in [3.63, 3.8) is 0 Å². The number of nitrogens with zero attached hydrogens (tertiary/aromatic N) is 2. The Labute approximate surface area is 155 Å². The Kier molecular flexibility index (Phi) is 4.50. The summed E-state index contributed by atoms with van der Waals surface area (Å²) >= 11 is 5.86. The molecule has 0 saturated heterocycles. The molecule has 1 N–H and O–H groups in total. The molecule has 4 aromatic rings. The van der Waals surface area contributed by atoms with Gasteiger partial charge in [0.1, 0.15) is 5.65 Å². The lowest BCUT2D eigenvalue weighted by molar-refractivity contribution is 0.0992. The van der Waals surface area contributed by atoms with Gasteiger partial charge < -0.3 is 4.98 Å². The molecule has 0 unspecified atom stereocenters. The highest BCUT2D eigenvalue weighted by molar-refractivity contribution is 6.30. The maximum absolute atomic E-state index is 12.3. The number of aromatic amines is 1. The first-order valence-corrected chi connectivity index (χ1v) is 8.70. The lowest BCUT2D eigenvalue weighted by atomic mass is 10.0. The fraction of sp³-hybridized carbons (Fsp3) is 0.0952. The number of carbonyl (C=O) groups excluding carboxylic acids is 1. The number of carbonyl (C=O) groups is 1. The Bertz CT molecular complexity index is 1050. The van der Waals surface area contributed by atoms with Gasteiger partial charge in [-0.05, 0) is 53.6 Å². The van der Waals surface area contributed by atoms with Crippen molar-refractivity contribution in [1.29, 1.82) is 0 Å². The van der Waals surface area contributed by atoms with Gasteiger partial charge in [0.25, 0.3) is 0 Å². The first kappa shape index (κ1) is 16.5. The fourth-order valence-corrected chi connectivity index (χ4v) is 3.07. The van der Waals surface area contributed by atoms with E-state index >= 15 is 0 Å². The molecule has 0 saturated carbocycles. The Hall–Kier alpha value is -2.98. The topological polar surface area (TPSA) is 58.6 Å². The van der Waals surface area contributed by atoms with Crippen LogP contribution in [0.4, 0.5) is 0 Å². The van der Waals surface area contributed by atoms with Crippen LogP contribution < -0.4 is 0 Å². The zero-order chi connectivity index (χ0) is 17.9. The van der Waals surface area contributed by atoms with E-state index in [0.29, 0.717) is 10.6 Å². The Morgan fingerprint density at radius 1 is 1.04 bits per heavy atom. The molecule has 3 heterocycles. The molecule has 26 heavy (non-hydrogen) atoms. The predicted molar refractivity (Wildman–Crippen MR) is 103 cm³/mol. The van der Waals surface area contributed by atoms with Crippen LogP contribution in [0, 0.1) is 0 Å². The molecule has 128 valence electrons. The third-order valence-electron chi connectivity index (χ3n) is 4.33. The van der Waals surface area contributed by atoms with Crippen LogP contribution in [0.1, 0.15) is 27.2 Å². The maximum atomic E-state index is 12.3. The van der Waals surface area contributed by atoms with Gasteiger partial charge in [0.05, 0.1) is 6.42 Å². The van der Waals surface area contributed by atoms with Gasteiger partial charge in [-0.25, -0.2) is 4.98 Å². The zero-order valence-electron chi connectivity index (χ0n) is 13.9. The Morgan fingerprint density at radius 3 is 2.65 bits per heavy atom. The highest BCUT2D eigenvalue weighted by Crippen LogP contribution is 2.19. The lowest BCUT2D eigenvalue weighted by Gasteiger charge is -2.04. The first-order chi connectivity index (χ1) is 12.7. The molecular weight excluding hydrogens is 346 g/mol. The van der Waals surface area contributed by atoms with Crippen molar-refractivity contribution in [3.8, 4) is 0 Å². The highest BCUT2D eigenvalue weighted by Gasteiger charge is 2.09. The van der Waals surface area contributed by atoms with Crippen LogP contribution in [0.25, 0.3) is 11.0 Å². The summed E-state index contributed by atoms with van der Waals surface area (Å²) in [5.41, 5.74) is 4.57.